The molecule has 5 rings (SSSR count). The van der Waals surface area contributed by atoms with Crippen LogP contribution in [-0.2, 0) is 6.61 Å². The summed E-state index contributed by atoms with van der Waals surface area (Å²) in [6.07, 6.45) is 1.39. The van der Waals surface area contributed by atoms with Gasteiger partial charge in [0.1, 0.15) is 12.4 Å². The highest BCUT2D eigenvalue weighted by Crippen LogP contribution is 2.39. The van der Waals surface area contributed by atoms with Crippen molar-refractivity contribution in [3.8, 4) is 28.6 Å². The van der Waals surface area contributed by atoms with Crippen LogP contribution in [0.25, 0.3) is 22.3 Å². The number of aromatic nitrogens is 2. The van der Waals surface area contributed by atoms with E-state index in [1.165, 1.54) is 17.0 Å². The third kappa shape index (κ3) is 7.36. The van der Waals surface area contributed by atoms with Gasteiger partial charge >= 0.3 is 5.69 Å². The van der Waals surface area contributed by atoms with Crippen LogP contribution in [0.15, 0.2) is 87.2 Å². The molecule has 0 bridgehead atoms. The maximum absolute atomic E-state index is 13.9. The Balaban J connectivity index is 1.64. The number of fused-ring (bicyclic) bond motifs is 1. The molecule has 0 unspecified atom stereocenters. The van der Waals surface area contributed by atoms with Gasteiger partial charge in [-0.05, 0) is 85.8 Å². The molecule has 242 valence electrons. The summed E-state index contributed by atoms with van der Waals surface area (Å²) in [5.41, 5.74) is 3.57. The molecule has 5 aromatic rings. The van der Waals surface area contributed by atoms with E-state index in [-0.39, 0.29) is 41.9 Å². The summed E-state index contributed by atoms with van der Waals surface area (Å²) < 4.78 is 19.8. The molecule has 0 fully saturated rings. The van der Waals surface area contributed by atoms with Crippen LogP contribution in [0.1, 0.15) is 55.9 Å². The van der Waals surface area contributed by atoms with Gasteiger partial charge in [0.05, 0.1) is 35.3 Å². The fourth-order valence-electron chi connectivity index (χ4n) is 5.16. The lowest BCUT2D eigenvalue weighted by atomic mass is 9.96. The average Bonchev–Trinajstić information content (AvgIpc) is 3.04. The van der Waals surface area contributed by atoms with Crippen LogP contribution in [0.2, 0.25) is 0 Å². The smallest absolute Gasteiger partial charge is 0.315 e. The van der Waals surface area contributed by atoms with Gasteiger partial charge in [0.25, 0.3) is 5.56 Å². The summed E-state index contributed by atoms with van der Waals surface area (Å²) in [5.74, 6) is 1.45. The topological polar surface area (TPSA) is 118 Å². The summed E-state index contributed by atoms with van der Waals surface area (Å²) in [7, 11) is 0. The molecular formula is C36H35BrN4O6. The van der Waals surface area contributed by atoms with Crippen LogP contribution < -0.4 is 19.8 Å². The number of halogens is 1. The highest BCUT2D eigenvalue weighted by molar-refractivity contribution is 9.10. The fraction of sp³-hybridized carbons (Fsp3) is 0.250. The zero-order valence-electron chi connectivity index (χ0n) is 26.8. The van der Waals surface area contributed by atoms with Gasteiger partial charge in [-0.1, -0.05) is 54.0 Å². The molecule has 0 saturated carbocycles. The van der Waals surface area contributed by atoms with Crippen LogP contribution in [0.3, 0.4) is 0 Å². The van der Waals surface area contributed by atoms with E-state index < -0.39 is 4.92 Å². The van der Waals surface area contributed by atoms with Crippen molar-refractivity contribution >= 4 is 38.7 Å². The van der Waals surface area contributed by atoms with Gasteiger partial charge in [-0.3, -0.25) is 14.9 Å². The number of nitro benzene ring substituents is 1. The van der Waals surface area contributed by atoms with E-state index in [1.807, 2.05) is 56.3 Å². The molecule has 0 radical (unpaired) electrons. The predicted molar refractivity (Wildman–Crippen MR) is 187 cm³/mol. The van der Waals surface area contributed by atoms with Gasteiger partial charge in [-0.2, -0.15) is 9.78 Å². The van der Waals surface area contributed by atoms with Crippen molar-refractivity contribution < 1.29 is 19.1 Å². The Morgan fingerprint density at radius 2 is 1.68 bits per heavy atom. The average molecular weight is 700 g/mol. The maximum Gasteiger partial charge on any atom is 0.315 e. The molecular weight excluding hydrogens is 664 g/mol. The first-order valence-electron chi connectivity index (χ1n) is 15.3. The number of aryl methyl sites for hydroxylation is 1. The van der Waals surface area contributed by atoms with Crippen LogP contribution in [0, 0.1) is 17.0 Å². The molecule has 1 heterocycles. The minimum absolute atomic E-state index is 0.00775. The number of para-hydroxylation sites is 1. The van der Waals surface area contributed by atoms with Crippen LogP contribution >= 0.6 is 15.9 Å². The first-order chi connectivity index (χ1) is 22.6. The molecule has 0 aliphatic rings. The third-order valence-electron chi connectivity index (χ3n) is 7.45. The number of nitrogens with zero attached hydrogens (tertiary/aromatic N) is 4. The second-order valence-corrected chi connectivity index (χ2v) is 12.0. The monoisotopic (exact) mass is 698 g/mol. The highest BCUT2D eigenvalue weighted by atomic mass is 79.9. The molecule has 1 aromatic heterocycles. The lowest BCUT2D eigenvalue weighted by molar-refractivity contribution is -0.386. The van der Waals surface area contributed by atoms with Gasteiger partial charge in [0, 0.05) is 21.7 Å². The summed E-state index contributed by atoms with van der Waals surface area (Å²) in [5, 5.41) is 17.2. The summed E-state index contributed by atoms with van der Waals surface area (Å²) >= 11 is 3.41. The van der Waals surface area contributed by atoms with Crippen LogP contribution in [0.4, 0.5) is 5.69 Å². The van der Waals surface area contributed by atoms with Crippen molar-refractivity contribution in [1.82, 2.24) is 9.66 Å². The molecule has 0 N–H and O–H groups in total. The second kappa shape index (κ2) is 14.6. The Morgan fingerprint density at radius 1 is 0.979 bits per heavy atom. The Labute approximate surface area is 280 Å². The molecule has 0 aliphatic carbocycles. The standard InChI is InChI=1S/C36H35BrN4O6/c1-6-45-32-16-23(5)29(19-28(32)22(3)4)35-39-30-11-9-8-10-27(30)36(42)40(35)38-20-25-17-31(41(43)44)34(33(18-25)46-7-2)47-21-24-12-14-26(37)15-13-24/h8-20,22H,6-7,21H2,1-5H3. The number of nitro groups is 1. The minimum Gasteiger partial charge on any atom is -0.494 e. The fourth-order valence-corrected chi connectivity index (χ4v) is 5.43. The van der Waals surface area contributed by atoms with E-state index in [1.54, 1.807) is 31.2 Å². The number of hydrogen-bond acceptors (Lipinski definition) is 8. The Kier molecular flexibility index (Phi) is 10.4. The van der Waals surface area contributed by atoms with Crippen molar-refractivity contribution in [2.75, 3.05) is 13.2 Å². The van der Waals surface area contributed by atoms with Crippen LogP contribution in [-0.4, -0.2) is 34.0 Å². The molecule has 10 nitrogen and oxygen atoms in total. The molecule has 47 heavy (non-hydrogen) atoms. The quantitative estimate of drug-likeness (QED) is 0.0729. The van der Waals surface area contributed by atoms with E-state index in [9.17, 15) is 14.9 Å². The van der Waals surface area contributed by atoms with Gasteiger partial charge in [0.2, 0.25) is 5.75 Å². The van der Waals surface area contributed by atoms with E-state index in [0.717, 1.165) is 32.5 Å². The minimum atomic E-state index is -0.525. The van der Waals surface area contributed by atoms with Crippen molar-refractivity contribution in [1.29, 1.82) is 0 Å². The Bertz CT molecular complexity index is 2020. The number of rotatable bonds is 12. The molecule has 0 atom stereocenters. The van der Waals surface area contributed by atoms with Gasteiger partial charge in [0.15, 0.2) is 11.6 Å². The second-order valence-electron chi connectivity index (χ2n) is 11.1. The van der Waals surface area contributed by atoms with Gasteiger partial charge < -0.3 is 14.2 Å². The van der Waals surface area contributed by atoms with Gasteiger partial charge in [-0.25, -0.2) is 4.98 Å². The van der Waals surface area contributed by atoms with E-state index >= 15 is 0 Å². The maximum atomic E-state index is 13.9. The van der Waals surface area contributed by atoms with E-state index in [4.69, 9.17) is 19.2 Å². The molecule has 0 saturated heterocycles. The zero-order valence-corrected chi connectivity index (χ0v) is 28.4. The summed E-state index contributed by atoms with van der Waals surface area (Å²) in [4.78, 5) is 30.5. The number of ether oxygens (including phenoxy) is 3. The van der Waals surface area contributed by atoms with Crippen molar-refractivity contribution in [2.45, 2.75) is 47.1 Å². The molecule has 4 aromatic carbocycles. The third-order valence-corrected chi connectivity index (χ3v) is 7.97. The lowest BCUT2D eigenvalue weighted by Gasteiger charge is -2.18. The van der Waals surface area contributed by atoms with Crippen LogP contribution in [0.5, 0.6) is 17.2 Å². The van der Waals surface area contributed by atoms with E-state index in [2.05, 4.69) is 34.9 Å². The predicted octanol–water partition coefficient (Wildman–Crippen LogP) is 8.42. The SMILES string of the molecule is CCOc1cc(C)c(-c2nc3ccccc3c(=O)n2N=Cc2cc(OCC)c(OCc3ccc(Br)cc3)c([N+](=O)[O-])c2)cc1C(C)C. The molecule has 0 spiro atoms. The van der Waals surface area contributed by atoms with Crippen molar-refractivity contribution in [2.24, 2.45) is 5.10 Å². The highest BCUT2D eigenvalue weighted by Gasteiger charge is 2.23. The first kappa shape index (κ1) is 33.3. The van der Waals surface area contributed by atoms with Gasteiger partial charge in [-0.15, -0.1) is 0 Å². The number of hydrogen-bond donors (Lipinski definition) is 0. The molecule has 11 heteroatoms. The zero-order chi connectivity index (χ0) is 33.7. The Morgan fingerprint density at radius 3 is 2.36 bits per heavy atom. The van der Waals surface area contributed by atoms with Crippen molar-refractivity contribution in [3.63, 3.8) is 0 Å². The summed E-state index contributed by atoms with van der Waals surface area (Å²) in [6.45, 7) is 10.7. The number of benzene rings is 4. The Hall–Kier alpha value is -5.03. The first-order valence-corrected chi connectivity index (χ1v) is 16.1. The van der Waals surface area contributed by atoms with Crippen molar-refractivity contribution in [3.05, 3.63) is 120 Å². The normalized spacial score (nSPS) is 11.4. The largest absolute Gasteiger partial charge is 0.494 e. The molecule has 0 amide bonds. The summed E-state index contributed by atoms with van der Waals surface area (Å²) in [6, 6.07) is 21.4. The van der Waals surface area contributed by atoms with E-state index in [0.29, 0.717) is 28.9 Å². The molecule has 0 aliphatic heterocycles. The lowest BCUT2D eigenvalue weighted by Crippen LogP contribution is -2.21.